The van der Waals surface area contributed by atoms with E-state index in [2.05, 4.69) is 12.2 Å². The predicted octanol–water partition coefficient (Wildman–Crippen LogP) is 1.30. The van der Waals surface area contributed by atoms with Gasteiger partial charge in [0.25, 0.3) is 0 Å². The van der Waals surface area contributed by atoms with Crippen LogP contribution in [-0.2, 0) is 4.74 Å². The molecule has 1 aliphatic rings. The molecule has 2 unspecified atom stereocenters. The molecule has 0 saturated heterocycles. The minimum absolute atomic E-state index is 0.241. The lowest BCUT2D eigenvalue weighted by molar-refractivity contribution is 0.0548. The largest absolute Gasteiger partial charge is 0.395 e. The van der Waals surface area contributed by atoms with Gasteiger partial charge in [0.05, 0.1) is 12.7 Å². The van der Waals surface area contributed by atoms with Crippen LogP contribution in [0.1, 0.15) is 39.0 Å². The molecule has 1 rings (SSSR count). The van der Waals surface area contributed by atoms with Crippen molar-refractivity contribution in [1.82, 2.24) is 5.32 Å². The van der Waals surface area contributed by atoms with Crippen LogP contribution in [-0.4, -0.2) is 37.0 Å². The standard InChI is InChI=1S/C11H23NO2/c1-3-9(8-13)12-10-5-4-6-11(7-10)14-2/h9-13H,3-8H2,1-2H3/t9-,10?,11?/m1/s1. The Morgan fingerprint density at radius 3 is 2.86 bits per heavy atom. The van der Waals surface area contributed by atoms with Crippen LogP contribution in [0.2, 0.25) is 0 Å². The Labute approximate surface area is 86.8 Å². The van der Waals surface area contributed by atoms with Crippen molar-refractivity contribution in [2.45, 2.75) is 57.2 Å². The summed E-state index contributed by atoms with van der Waals surface area (Å²) in [4.78, 5) is 0. The van der Waals surface area contributed by atoms with E-state index >= 15 is 0 Å². The second-order valence-electron chi connectivity index (χ2n) is 4.18. The normalized spacial score (nSPS) is 30.2. The quantitative estimate of drug-likeness (QED) is 0.704. The number of hydrogen-bond acceptors (Lipinski definition) is 3. The Morgan fingerprint density at radius 2 is 2.29 bits per heavy atom. The number of rotatable bonds is 5. The highest BCUT2D eigenvalue weighted by Crippen LogP contribution is 2.21. The fraction of sp³-hybridized carbons (Fsp3) is 1.00. The molecule has 3 heteroatoms. The van der Waals surface area contributed by atoms with Crippen LogP contribution in [0.3, 0.4) is 0 Å². The molecular formula is C11H23NO2. The number of aliphatic hydroxyl groups is 1. The molecule has 0 heterocycles. The minimum atomic E-state index is 0.241. The van der Waals surface area contributed by atoms with E-state index in [4.69, 9.17) is 9.84 Å². The van der Waals surface area contributed by atoms with Crippen molar-refractivity contribution < 1.29 is 9.84 Å². The van der Waals surface area contributed by atoms with E-state index in [1.807, 2.05) is 0 Å². The third-order valence-electron chi connectivity index (χ3n) is 3.14. The Bertz CT molecular complexity index is 148. The first-order chi connectivity index (χ1) is 6.80. The Hall–Kier alpha value is -0.120. The molecule has 0 aromatic carbocycles. The summed E-state index contributed by atoms with van der Waals surface area (Å²) in [6, 6.07) is 0.793. The second kappa shape index (κ2) is 6.38. The van der Waals surface area contributed by atoms with Crippen LogP contribution >= 0.6 is 0 Å². The summed E-state index contributed by atoms with van der Waals surface area (Å²) in [5.74, 6) is 0. The summed E-state index contributed by atoms with van der Waals surface area (Å²) in [5.41, 5.74) is 0. The number of ether oxygens (including phenoxy) is 1. The zero-order chi connectivity index (χ0) is 10.4. The first kappa shape index (κ1) is 12.0. The van der Waals surface area contributed by atoms with E-state index in [0.29, 0.717) is 12.1 Å². The molecule has 3 atom stereocenters. The van der Waals surface area contributed by atoms with Gasteiger partial charge < -0.3 is 15.2 Å². The van der Waals surface area contributed by atoms with E-state index in [1.54, 1.807) is 7.11 Å². The molecule has 1 saturated carbocycles. The first-order valence-electron chi connectivity index (χ1n) is 5.69. The smallest absolute Gasteiger partial charge is 0.0586 e. The van der Waals surface area contributed by atoms with Gasteiger partial charge in [-0.1, -0.05) is 6.92 Å². The number of nitrogens with one attached hydrogen (secondary N) is 1. The Kier molecular flexibility index (Phi) is 5.45. The van der Waals surface area contributed by atoms with Crippen molar-refractivity contribution in [3.63, 3.8) is 0 Å². The van der Waals surface area contributed by atoms with Crippen molar-refractivity contribution in [3.8, 4) is 0 Å². The van der Waals surface area contributed by atoms with Crippen molar-refractivity contribution in [3.05, 3.63) is 0 Å². The maximum atomic E-state index is 9.09. The summed E-state index contributed by atoms with van der Waals surface area (Å²) in [7, 11) is 1.79. The highest BCUT2D eigenvalue weighted by atomic mass is 16.5. The van der Waals surface area contributed by atoms with Gasteiger partial charge >= 0.3 is 0 Å². The second-order valence-corrected chi connectivity index (χ2v) is 4.18. The molecule has 0 radical (unpaired) electrons. The lowest BCUT2D eigenvalue weighted by Crippen LogP contribution is -2.43. The predicted molar refractivity (Wildman–Crippen MR) is 57.4 cm³/mol. The van der Waals surface area contributed by atoms with Crippen LogP contribution in [0.4, 0.5) is 0 Å². The summed E-state index contributed by atoms with van der Waals surface area (Å²) >= 11 is 0. The zero-order valence-corrected chi connectivity index (χ0v) is 9.33. The third kappa shape index (κ3) is 3.56. The highest BCUT2D eigenvalue weighted by molar-refractivity contribution is 4.80. The summed E-state index contributed by atoms with van der Waals surface area (Å²) in [6.45, 7) is 2.34. The Morgan fingerprint density at radius 1 is 1.50 bits per heavy atom. The monoisotopic (exact) mass is 201 g/mol. The van der Waals surface area contributed by atoms with E-state index < -0.39 is 0 Å². The lowest BCUT2D eigenvalue weighted by atomic mass is 9.92. The molecular weight excluding hydrogens is 178 g/mol. The highest BCUT2D eigenvalue weighted by Gasteiger charge is 2.22. The number of hydrogen-bond donors (Lipinski definition) is 2. The van der Waals surface area contributed by atoms with Gasteiger partial charge in [0.2, 0.25) is 0 Å². The van der Waals surface area contributed by atoms with E-state index in [1.165, 1.54) is 19.3 Å². The van der Waals surface area contributed by atoms with Crippen LogP contribution in [0.15, 0.2) is 0 Å². The van der Waals surface area contributed by atoms with Crippen molar-refractivity contribution in [1.29, 1.82) is 0 Å². The molecule has 0 aliphatic heterocycles. The average molecular weight is 201 g/mol. The van der Waals surface area contributed by atoms with Gasteiger partial charge in [-0.2, -0.15) is 0 Å². The van der Waals surface area contributed by atoms with Gasteiger partial charge in [-0.05, 0) is 32.1 Å². The number of methoxy groups -OCH3 is 1. The molecule has 1 aliphatic carbocycles. The van der Waals surface area contributed by atoms with E-state index in [-0.39, 0.29) is 12.6 Å². The van der Waals surface area contributed by atoms with Crippen molar-refractivity contribution in [2.24, 2.45) is 0 Å². The number of aliphatic hydroxyl groups excluding tert-OH is 1. The molecule has 84 valence electrons. The molecule has 0 aromatic rings. The van der Waals surface area contributed by atoms with Gasteiger partial charge in [-0.25, -0.2) is 0 Å². The van der Waals surface area contributed by atoms with Gasteiger partial charge in [-0.15, -0.1) is 0 Å². The summed E-state index contributed by atoms with van der Waals surface area (Å²) in [5, 5.41) is 12.6. The molecule has 14 heavy (non-hydrogen) atoms. The van der Waals surface area contributed by atoms with Gasteiger partial charge in [0.15, 0.2) is 0 Å². The maximum absolute atomic E-state index is 9.09. The SMILES string of the molecule is CC[C@H](CO)NC1CCCC(OC)C1. The molecule has 0 amide bonds. The molecule has 3 nitrogen and oxygen atoms in total. The zero-order valence-electron chi connectivity index (χ0n) is 9.33. The minimum Gasteiger partial charge on any atom is -0.395 e. The van der Waals surface area contributed by atoms with E-state index in [0.717, 1.165) is 12.8 Å². The lowest BCUT2D eigenvalue weighted by Gasteiger charge is -2.31. The first-order valence-corrected chi connectivity index (χ1v) is 5.69. The molecule has 0 bridgehead atoms. The fourth-order valence-corrected chi connectivity index (χ4v) is 2.14. The molecule has 0 spiro atoms. The van der Waals surface area contributed by atoms with E-state index in [9.17, 15) is 0 Å². The van der Waals surface area contributed by atoms with Crippen LogP contribution in [0.5, 0.6) is 0 Å². The van der Waals surface area contributed by atoms with Crippen LogP contribution < -0.4 is 5.32 Å². The van der Waals surface area contributed by atoms with Gasteiger partial charge in [-0.3, -0.25) is 0 Å². The van der Waals surface area contributed by atoms with Gasteiger partial charge in [0.1, 0.15) is 0 Å². The summed E-state index contributed by atoms with van der Waals surface area (Å²) < 4.78 is 5.37. The molecule has 1 fully saturated rings. The van der Waals surface area contributed by atoms with Crippen LogP contribution in [0.25, 0.3) is 0 Å². The van der Waals surface area contributed by atoms with Crippen LogP contribution in [0, 0.1) is 0 Å². The average Bonchev–Trinajstić information content (AvgIpc) is 2.26. The third-order valence-corrected chi connectivity index (χ3v) is 3.14. The summed E-state index contributed by atoms with van der Waals surface area (Å²) in [6.07, 6.45) is 6.13. The Balaban J connectivity index is 2.29. The topological polar surface area (TPSA) is 41.5 Å². The molecule has 0 aromatic heterocycles. The van der Waals surface area contributed by atoms with Crippen molar-refractivity contribution in [2.75, 3.05) is 13.7 Å². The van der Waals surface area contributed by atoms with Gasteiger partial charge in [0, 0.05) is 19.2 Å². The maximum Gasteiger partial charge on any atom is 0.0586 e. The van der Waals surface area contributed by atoms with Crippen molar-refractivity contribution >= 4 is 0 Å². The molecule has 2 N–H and O–H groups in total. The fourth-order valence-electron chi connectivity index (χ4n) is 2.14.